The minimum absolute atomic E-state index is 0.0694. The highest BCUT2D eigenvalue weighted by atomic mass is 35.5. The molecule has 0 aromatic heterocycles. The van der Waals surface area contributed by atoms with Crippen LogP contribution < -0.4 is 0 Å². The molecule has 0 aliphatic rings. The summed E-state index contributed by atoms with van der Waals surface area (Å²) in [6.45, 7) is 4.95. The Kier molecular flexibility index (Phi) is 2.55. The van der Waals surface area contributed by atoms with Crippen molar-refractivity contribution in [1.29, 1.82) is 0 Å². The molecule has 72 valence electrons. The molecule has 0 radical (unpaired) electrons. The van der Waals surface area contributed by atoms with Crippen LogP contribution in [0.4, 0.5) is 0 Å². The maximum atomic E-state index is 9.73. The van der Waals surface area contributed by atoms with Crippen LogP contribution in [0.25, 0.3) is 0 Å². The molecule has 3 heteroatoms. The van der Waals surface area contributed by atoms with E-state index >= 15 is 0 Å². The van der Waals surface area contributed by atoms with Crippen molar-refractivity contribution in [2.24, 2.45) is 0 Å². The van der Waals surface area contributed by atoms with Gasteiger partial charge in [0.1, 0.15) is 5.75 Å². The fourth-order valence-corrected chi connectivity index (χ4v) is 1.64. The quantitative estimate of drug-likeness (QED) is 0.732. The molecule has 2 N–H and O–H groups in total. The van der Waals surface area contributed by atoms with E-state index in [0.717, 1.165) is 0 Å². The summed E-state index contributed by atoms with van der Waals surface area (Å²) in [4.78, 5) is 0. The minimum atomic E-state index is -1.12. The monoisotopic (exact) mass is 200 g/mol. The second-order valence-corrected chi connectivity index (χ2v) is 4.05. The Labute approximate surface area is 82.8 Å². The van der Waals surface area contributed by atoms with Crippen molar-refractivity contribution in [3.63, 3.8) is 0 Å². The average Bonchev–Trinajstić information content (AvgIpc) is 1.95. The largest absolute Gasteiger partial charge is 0.507 e. The third-order valence-electron chi connectivity index (χ3n) is 1.94. The Morgan fingerprint density at radius 3 is 2.23 bits per heavy atom. The maximum Gasteiger partial charge on any atom is 0.126 e. The number of aliphatic hydroxyl groups is 1. The smallest absolute Gasteiger partial charge is 0.126 e. The number of phenolic OH excluding ortho intramolecular Hbond substituents is 1. The van der Waals surface area contributed by atoms with E-state index in [4.69, 9.17) is 11.6 Å². The van der Waals surface area contributed by atoms with Gasteiger partial charge in [0.25, 0.3) is 0 Å². The topological polar surface area (TPSA) is 40.5 Å². The number of hydrogen-bond acceptors (Lipinski definition) is 2. The number of aromatic hydroxyl groups is 1. The molecule has 1 rings (SSSR count). The van der Waals surface area contributed by atoms with Crippen LogP contribution in [0.3, 0.4) is 0 Å². The van der Waals surface area contributed by atoms with Crippen molar-refractivity contribution in [1.82, 2.24) is 0 Å². The Balaban J connectivity index is 3.43. The van der Waals surface area contributed by atoms with Gasteiger partial charge < -0.3 is 10.2 Å². The van der Waals surface area contributed by atoms with Gasteiger partial charge in [0.15, 0.2) is 0 Å². The molecule has 1 aromatic carbocycles. The zero-order valence-electron chi connectivity index (χ0n) is 7.93. The fraction of sp³-hybridized carbons (Fsp3) is 0.400. The summed E-state index contributed by atoms with van der Waals surface area (Å²) in [5, 5.41) is 19.8. The zero-order chi connectivity index (χ0) is 10.2. The van der Waals surface area contributed by atoms with Crippen LogP contribution in [0.15, 0.2) is 12.1 Å². The number of halogens is 1. The summed E-state index contributed by atoms with van der Waals surface area (Å²) < 4.78 is 0. The number of phenols is 1. The van der Waals surface area contributed by atoms with Crippen LogP contribution in [0.5, 0.6) is 5.75 Å². The first-order valence-electron chi connectivity index (χ1n) is 4.05. The lowest BCUT2D eigenvalue weighted by Gasteiger charge is -2.21. The molecule has 0 heterocycles. The molecule has 0 fully saturated rings. The number of hydrogen-bond donors (Lipinski definition) is 2. The van der Waals surface area contributed by atoms with Gasteiger partial charge in [-0.05, 0) is 32.4 Å². The van der Waals surface area contributed by atoms with Crippen molar-refractivity contribution in [3.05, 3.63) is 28.3 Å². The van der Waals surface area contributed by atoms with Gasteiger partial charge in [-0.25, -0.2) is 0 Å². The summed E-state index contributed by atoms with van der Waals surface area (Å²) in [5.41, 5.74) is -0.0246. The molecule has 0 saturated heterocycles. The Morgan fingerprint density at radius 2 is 1.85 bits per heavy atom. The highest BCUT2D eigenvalue weighted by Gasteiger charge is 2.24. The number of benzene rings is 1. The molecule has 0 aliphatic carbocycles. The van der Waals surface area contributed by atoms with Crippen molar-refractivity contribution < 1.29 is 10.2 Å². The Morgan fingerprint density at radius 1 is 1.31 bits per heavy atom. The summed E-state index contributed by atoms with van der Waals surface area (Å²) in [6.07, 6.45) is 0. The first-order valence-corrected chi connectivity index (χ1v) is 4.42. The van der Waals surface area contributed by atoms with Crippen molar-refractivity contribution >= 4 is 11.6 Å². The standard InChI is InChI=1S/C10H13ClO2/c1-6-4-5-7(11)8(9(6)12)10(2,3)13/h4-5,12-13H,1-3H3. The predicted octanol–water partition coefficient (Wildman–Crippen LogP) is 2.58. The van der Waals surface area contributed by atoms with Gasteiger partial charge in [0.05, 0.1) is 10.6 Å². The van der Waals surface area contributed by atoms with Crippen LogP contribution in [0.2, 0.25) is 5.02 Å². The molecule has 0 atom stereocenters. The Hall–Kier alpha value is -0.730. The SMILES string of the molecule is Cc1ccc(Cl)c(C(C)(C)O)c1O. The summed E-state index contributed by atoms with van der Waals surface area (Å²) in [6, 6.07) is 3.39. The van der Waals surface area contributed by atoms with E-state index in [9.17, 15) is 10.2 Å². The van der Waals surface area contributed by atoms with E-state index in [-0.39, 0.29) is 5.75 Å². The molecule has 0 bridgehead atoms. The van der Waals surface area contributed by atoms with Crippen LogP contribution in [0.1, 0.15) is 25.0 Å². The van der Waals surface area contributed by atoms with E-state index in [1.807, 2.05) is 0 Å². The predicted molar refractivity (Wildman–Crippen MR) is 53.1 cm³/mol. The van der Waals surface area contributed by atoms with Gasteiger partial charge in [0, 0.05) is 5.56 Å². The normalized spacial score (nSPS) is 11.8. The maximum absolute atomic E-state index is 9.73. The van der Waals surface area contributed by atoms with Crippen LogP contribution in [-0.2, 0) is 5.60 Å². The minimum Gasteiger partial charge on any atom is -0.507 e. The van der Waals surface area contributed by atoms with Crippen LogP contribution in [0, 0.1) is 6.92 Å². The lowest BCUT2D eigenvalue weighted by atomic mass is 9.95. The molecule has 2 nitrogen and oxygen atoms in total. The summed E-state index contributed by atoms with van der Waals surface area (Å²) >= 11 is 5.87. The van der Waals surface area contributed by atoms with E-state index in [0.29, 0.717) is 16.1 Å². The number of rotatable bonds is 1. The molecular weight excluding hydrogens is 188 g/mol. The fourth-order valence-electron chi connectivity index (χ4n) is 1.25. The molecule has 1 aromatic rings. The van der Waals surface area contributed by atoms with Gasteiger partial charge >= 0.3 is 0 Å². The van der Waals surface area contributed by atoms with Gasteiger partial charge in [0.2, 0.25) is 0 Å². The Bertz CT molecular complexity index is 326. The molecule has 0 unspecified atom stereocenters. The molecule has 0 aliphatic heterocycles. The molecule has 13 heavy (non-hydrogen) atoms. The molecular formula is C10H13ClO2. The molecule has 0 spiro atoms. The van der Waals surface area contributed by atoms with Crippen molar-refractivity contribution in [3.8, 4) is 5.75 Å². The first kappa shape index (κ1) is 10.4. The first-order chi connectivity index (χ1) is 5.84. The highest BCUT2D eigenvalue weighted by Crippen LogP contribution is 2.36. The van der Waals surface area contributed by atoms with Crippen molar-refractivity contribution in [2.75, 3.05) is 0 Å². The average molecular weight is 201 g/mol. The second-order valence-electron chi connectivity index (χ2n) is 3.65. The van der Waals surface area contributed by atoms with Crippen LogP contribution >= 0.6 is 11.6 Å². The van der Waals surface area contributed by atoms with E-state index in [1.165, 1.54) is 0 Å². The van der Waals surface area contributed by atoms with Gasteiger partial charge in [-0.1, -0.05) is 17.7 Å². The summed E-state index contributed by atoms with van der Waals surface area (Å²) in [5.74, 6) is 0.0694. The lowest BCUT2D eigenvalue weighted by molar-refractivity contribution is 0.0758. The lowest BCUT2D eigenvalue weighted by Crippen LogP contribution is -2.16. The van der Waals surface area contributed by atoms with E-state index in [1.54, 1.807) is 32.9 Å². The van der Waals surface area contributed by atoms with Gasteiger partial charge in [-0.2, -0.15) is 0 Å². The molecule has 0 amide bonds. The van der Waals surface area contributed by atoms with Gasteiger partial charge in [-0.15, -0.1) is 0 Å². The van der Waals surface area contributed by atoms with Gasteiger partial charge in [-0.3, -0.25) is 0 Å². The van der Waals surface area contributed by atoms with E-state index in [2.05, 4.69) is 0 Å². The third-order valence-corrected chi connectivity index (χ3v) is 2.26. The third kappa shape index (κ3) is 1.95. The number of aryl methyl sites for hydroxylation is 1. The second kappa shape index (κ2) is 3.20. The zero-order valence-corrected chi connectivity index (χ0v) is 8.68. The van der Waals surface area contributed by atoms with E-state index < -0.39 is 5.60 Å². The van der Waals surface area contributed by atoms with Crippen molar-refractivity contribution in [2.45, 2.75) is 26.4 Å². The van der Waals surface area contributed by atoms with Crippen LogP contribution in [-0.4, -0.2) is 10.2 Å². The highest BCUT2D eigenvalue weighted by molar-refractivity contribution is 6.31. The molecule has 0 saturated carbocycles. The summed E-state index contributed by atoms with van der Waals surface area (Å²) in [7, 11) is 0.